The number of carbonyl (C=O) groups excluding carboxylic acids is 8. The van der Waals surface area contributed by atoms with Crippen LogP contribution in [0.25, 0.3) is 11.1 Å². The van der Waals surface area contributed by atoms with Gasteiger partial charge in [0, 0.05) is 24.2 Å². The molecule has 2 aromatic rings. The molecule has 3 fully saturated rings. The highest BCUT2D eigenvalue weighted by molar-refractivity contribution is 6.02. The number of Topliss-reactive ketones (excluding diaryl/α,β-unsaturated/α-hetero) is 2. The molecule has 6 rings (SSSR count). The van der Waals surface area contributed by atoms with Crippen LogP contribution in [0.15, 0.2) is 36.4 Å². The lowest BCUT2D eigenvalue weighted by atomic mass is 9.82. The van der Waals surface area contributed by atoms with Gasteiger partial charge in [-0.2, -0.15) is 0 Å². The molecule has 0 bridgehead atoms. The van der Waals surface area contributed by atoms with Crippen LogP contribution in [0.1, 0.15) is 126 Å². The van der Waals surface area contributed by atoms with Crippen molar-refractivity contribution in [2.75, 3.05) is 40.5 Å². The van der Waals surface area contributed by atoms with Crippen LogP contribution in [0.2, 0.25) is 0 Å². The minimum Gasteiger partial charge on any atom is -0.456 e. The lowest BCUT2D eigenvalue weighted by Crippen LogP contribution is -2.54. The first-order valence-corrected chi connectivity index (χ1v) is 23.4. The standard InChI is InChI=1S/C51H68N4O12/c1-29(2)41(52-47(62)64-9)43(58)54-27-49(5,6)23-37(54)45(60)66-25-39(56)32-15-13-31(14-16-32)33-17-18-34(36-22-51(21-35(33)36)19-11-12-20-51)40(57)26-67-46(61)38-24-50(7,8)28-55(38)44(59)42(30(3)4)53-48(63)65-10/h13-18,29-30,37-38,41-42H,11-12,19-28H2,1-10H3,(H,52,62)(H,53,63)/t37-,38-,41-,42-/m0/s1. The van der Waals surface area contributed by atoms with Gasteiger partial charge in [0.1, 0.15) is 24.2 Å². The van der Waals surface area contributed by atoms with Crippen molar-refractivity contribution in [2.24, 2.45) is 28.1 Å². The van der Waals surface area contributed by atoms with Crippen molar-refractivity contribution in [3.8, 4) is 11.1 Å². The van der Waals surface area contributed by atoms with E-state index in [1.807, 2.05) is 45.9 Å². The highest BCUT2D eigenvalue weighted by Gasteiger charge is 2.49. The predicted octanol–water partition coefficient (Wildman–Crippen LogP) is 6.48. The Kier molecular flexibility index (Phi) is 15.3. The number of hydrogen-bond acceptors (Lipinski definition) is 12. The molecule has 2 aromatic carbocycles. The van der Waals surface area contributed by atoms with Gasteiger partial charge in [-0.15, -0.1) is 0 Å². The highest BCUT2D eigenvalue weighted by Crippen LogP contribution is 2.52. The number of hydrogen-bond donors (Lipinski definition) is 2. The van der Waals surface area contributed by atoms with Gasteiger partial charge in [0.05, 0.1) is 14.2 Å². The molecule has 16 heteroatoms. The zero-order chi connectivity index (χ0) is 49.2. The third-order valence-corrected chi connectivity index (χ3v) is 14.0. The summed E-state index contributed by atoms with van der Waals surface area (Å²) in [6.07, 6.45) is 4.92. The molecule has 0 radical (unpaired) electrons. The maximum atomic E-state index is 14.0. The Morgan fingerprint density at radius 3 is 1.52 bits per heavy atom. The minimum absolute atomic E-state index is 0.0215. The van der Waals surface area contributed by atoms with Crippen molar-refractivity contribution in [2.45, 2.75) is 131 Å². The third kappa shape index (κ3) is 11.3. The Morgan fingerprint density at radius 1 is 0.627 bits per heavy atom. The van der Waals surface area contributed by atoms with E-state index >= 15 is 0 Å². The molecular weight excluding hydrogens is 861 g/mol. The number of ketones is 2. The summed E-state index contributed by atoms with van der Waals surface area (Å²) in [7, 11) is 2.43. The molecule has 2 N–H and O–H groups in total. The summed E-state index contributed by atoms with van der Waals surface area (Å²) in [5, 5.41) is 5.17. The summed E-state index contributed by atoms with van der Waals surface area (Å²) in [6.45, 7) is 14.4. The van der Waals surface area contributed by atoms with Gasteiger partial charge >= 0.3 is 24.1 Å². The Hall–Kier alpha value is -5.80. The molecule has 0 aromatic heterocycles. The van der Waals surface area contributed by atoms with Gasteiger partial charge in [0.2, 0.25) is 17.6 Å². The summed E-state index contributed by atoms with van der Waals surface area (Å²) in [4.78, 5) is 109. The third-order valence-electron chi connectivity index (χ3n) is 14.0. The van der Waals surface area contributed by atoms with Gasteiger partial charge in [-0.25, -0.2) is 19.2 Å². The lowest BCUT2D eigenvalue weighted by Gasteiger charge is -2.30. The molecule has 1 spiro atoms. The van der Waals surface area contributed by atoms with Crippen LogP contribution >= 0.6 is 0 Å². The zero-order valence-electron chi connectivity index (χ0n) is 40.7. The Bertz CT molecular complexity index is 2260. The first-order valence-electron chi connectivity index (χ1n) is 23.4. The second-order valence-corrected chi connectivity index (χ2v) is 21.2. The van der Waals surface area contributed by atoms with E-state index in [1.54, 1.807) is 45.9 Å². The van der Waals surface area contributed by atoms with E-state index in [-0.39, 0.29) is 36.1 Å². The van der Waals surface area contributed by atoms with E-state index in [0.717, 1.165) is 60.8 Å². The maximum Gasteiger partial charge on any atom is 0.407 e. The van der Waals surface area contributed by atoms with Gasteiger partial charge < -0.3 is 39.4 Å². The van der Waals surface area contributed by atoms with Crippen molar-refractivity contribution in [3.05, 3.63) is 58.7 Å². The van der Waals surface area contributed by atoms with E-state index in [4.69, 9.17) is 18.9 Å². The molecule has 364 valence electrons. The SMILES string of the molecule is COC(=O)N[C@H](C(=O)N1CC(C)(C)C[C@H]1C(=O)OCC(=O)c1ccc(-c2ccc(C(=O)COC(=O)[C@@H]3CC(C)(C)CN3C(=O)[C@@H](NC(=O)OC)C(C)C)c3c2CC2(CCCC2)C3)cc1)C(C)C. The normalized spacial score (nSPS) is 20.8. The van der Waals surface area contributed by atoms with E-state index in [0.29, 0.717) is 24.0 Å². The summed E-state index contributed by atoms with van der Waals surface area (Å²) in [5.74, 6) is -3.56. The molecule has 0 unspecified atom stereocenters. The molecule has 2 heterocycles. The van der Waals surface area contributed by atoms with Crippen LogP contribution < -0.4 is 10.6 Å². The molecule has 1 saturated carbocycles. The summed E-state index contributed by atoms with van der Waals surface area (Å²) in [5.41, 5.74) is 3.81. The number of esters is 2. The smallest absolute Gasteiger partial charge is 0.407 e. The predicted molar refractivity (Wildman–Crippen MR) is 247 cm³/mol. The van der Waals surface area contributed by atoms with Gasteiger partial charge in [0.15, 0.2) is 19.0 Å². The number of rotatable bonds is 15. The molecule has 4 aliphatic rings. The Morgan fingerprint density at radius 2 is 1.07 bits per heavy atom. The number of benzene rings is 2. The van der Waals surface area contributed by atoms with E-state index in [2.05, 4.69) is 10.6 Å². The average molecular weight is 929 g/mol. The number of alkyl carbamates (subject to hydrolysis) is 2. The fourth-order valence-corrected chi connectivity index (χ4v) is 10.6. The number of likely N-dealkylation sites (tertiary alicyclic amines) is 2. The summed E-state index contributed by atoms with van der Waals surface area (Å²) < 4.78 is 20.7. The Labute approximate surface area is 393 Å². The number of nitrogens with zero attached hydrogens (tertiary/aromatic N) is 2. The second kappa shape index (κ2) is 20.2. The minimum atomic E-state index is -0.938. The monoisotopic (exact) mass is 928 g/mol. The number of methoxy groups -OCH3 is 2. The Balaban J connectivity index is 1.14. The largest absolute Gasteiger partial charge is 0.456 e. The number of nitrogens with one attached hydrogen (secondary N) is 2. The van der Waals surface area contributed by atoms with Crippen molar-refractivity contribution in [1.29, 1.82) is 0 Å². The fraction of sp³-hybridized carbons (Fsp3) is 0.608. The van der Waals surface area contributed by atoms with Crippen molar-refractivity contribution in [1.82, 2.24) is 20.4 Å². The summed E-state index contributed by atoms with van der Waals surface area (Å²) in [6, 6.07) is 7.02. The molecule has 4 atom stereocenters. The fourth-order valence-electron chi connectivity index (χ4n) is 10.6. The quantitative estimate of drug-likeness (QED) is 0.112. The van der Waals surface area contributed by atoms with Crippen molar-refractivity contribution in [3.63, 3.8) is 0 Å². The molecule has 2 saturated heterocycles. The number of fused-ring (bicyclic) bond motifs is 1. The molecule has 67 heavy (non-hydrogen) atoms. The molecule has 2 aliphatic heterocycles. The number of amides is 4. The molecule has 16 nitrogen and oxygen atoms in total. The number of ether oxygens (including phenoxy) is 4. The zero-order valence-corrected chi connectivity index (χ0v) is 40.7. The maximum absolute atomic E-state index is 14.0. The second-order valence-electron chi connectivity index (χ2n) is 21.2. The topological polar surface area (TPSA) is 204 Å². The lowest BCUT2D eigenvalue weighted by molar-refractivity contribution is -0.153. The van der Waals surface area contributed by atoms with Gasteiger partial charge in [0.25, 0.3) is 0 Å². The molecule has 2 aliphatic carbocycles. The van der Waals surface area contributed by atoms with Crippen LogP contribution in [0.5, 0.6) is 0 Å². The molecule has 4 amide bonds. The van der Waals surface area contributed by atoms with Crippen LogP contribution in [0.3, 0.4) is 0 Å². The van der Waals surface area contributed by atoms with E-state index in [1.165, 1.54) is 24.0 Å². The first kappa shape index (κ1) is 50.6. The van der Waals surface area contributed by atoms with Gasteiger partial charge in [-0.1, -0.05) is 105 Å². The number of carbonyl (C=O) groups is 8. The first-order chi connectivity index (χ1) is 31.5. The van der Waals surface area contributed by atoms with Crippen molar-refractivity contribution >= 4 is 47.5 Å². The average Bonchev–Trinajstić information content (AvgIpc) is 4.07. The summed E-state index contributed by atoms with van der Waals surface area (Å²) >= 11 is 0. The van der Waals surface area contributed by atoms with Gasteiger partial charge in [-0.05, 0) is 88.9 Å². The van der Waals surface area contributed by atoms with E-state index in [9.17, 15) is 38.4 Å². The highest BCUT2D eigenvalue weighted by atomic mass is 16.6. The van der Waals surface area contributed by atoms with Crippen LogP contribution in [0, 0.1) is 28.1 Å². The molecular formula is C51H68N4O12. The van der Waals surface area contributed by atoms with E-state index < -0.39 is 89.9 Å². The van der Waals surface area contributed by atoms with Crippen LogP contribution in [-0.4, -0.2) is 122 Å². The van der Waals surface area contributed by atoms with Crippen LogP contribution in [0.4, 0.5) is 9.59 Å². The van der Waals surface area contributed by atoms with Crippen molar-refractivity contribution < 1.29 is 57.3 Å². The van der Waals surface area contributed by atoms with Gasteiger partial charge in [-0.3, -0.25) is 19.2 Å². The van der Waals surface area contributed by atoms with Crippen LogP contribution in [-0.2, 0) is 51.0 Å².